The van der Waals surface area contributed by atoms with Crippen LogP contribution in [-0.4, -0.2) is 93.7 Å². The molecule has 0 saturated carbocycles. The lowest BCUT2D eigenvalue weighted by Crippen LogP contribution is -2.68. The number of nitrogens with one attached hydrogen (secondary N) is 1. The Morgan fingerprint density at radius 2 is 0.734 bits per heavy atom. The zero-order valence-corrected chi connectivity index (χ0v) is 38.3. The number of amides is 5. The van der Waals surface area contributed by atoms with Gasteiger partial charge in [0.15, 0.2) is 6.04 Å². The van der Waals surface area contributed by atoms with E-state index in [9.17, 15) is 24.0 Å². The summed E-state index contributed by atoms with van der Waals surface area (Å²) in [7, 11) is 0. The van der Waals surface area contributed by atoms with Gasteiger partial charge in [0, 0.05) is 61.9 Å². The third-order valence-corrected chi connectivity index (χ3v) is 11.9. The lowest BCUT2D eigenvalue weighted by Gasteiger charge is -2.26. The molecule has 7 heterocycles. The molecule has 0 aromatic heterocycles. The molecule has 4 aromatic rings. The van der Waals surface area contributed by atoms with Gasteiger partial charge in [-0.1, -0.05) is 48.5 Å². The predicted molar refractivity (Wildman–Crippen MR) is 255 cm³/mol. The first kappa shape index (κ1) is 49.4. The summed E-state index contributed by atoms with van der Waals surface area (Å²) in [4.78, 5) is 73.6. The molecule has 1 atom stereocenters. The van der Waals surface area contributed by atoms with Gasteiger partial charge in [0.25, 0.3) is 5.91 Å². The molecule has 0 aliphatic carbocycles. The molecule has 64 heavy (non-hydrogen) atoms. The lowest BCUT2D eigenvalue weighted by atomic mass is 10.0. The van der Waals surface area contributed by atoms with E-state index in [1.807, 2.05) is 99.6 Å². The molecule has 8 bridgehead atoms. The molecule has 0 fully saturated rings. The highest BCUT2D eigenvalue weighted by Gasteiger charge is 2.22. The van der Waals surface area contributed by atoms with E-state index in [4.69, 9.17) is 0 Å². The van der Waals surface area contributed by atoms with E-state index in [-0.39, 0.29) is 42.5 Å². The molecular weight excluding hydrogens is 827 g/mol. The summed E-state index contributed by atoms with van der Waals surface area (Å²) in [6.45, 7) is 3.64. The van der Waals surface area contributed by atoms with Gasteiger partial charge in [-0.25, -0.2) is 0 Å². The van der Waals surface area contributed by atoms with Crippen molar-refractivity contribution in [2.75, 3.05) is 77.7 Å². The fraction of sp³-hybridized carbons (Fsp3) is 0.408. The highest BCUT2D eigenvalue weighted by molar-refractivity contribution is 7.80. The molecule has 7 aliphatic heterocycles. The Balaban J connectivity index is 1.42. The van der Waals surface area contributed by atoms with Crippen molar-refractivity contribution in [2.45, 2.75) is 70.3 Å². The van der Waals surface area contributed by atoms with E-state index in [0.717, 1.165) is 45.0 Å². The zero-order chi connectivity index (χ0) is 45.8. The van der Waals surface area contributed by atoms with Crippen LogP contribution in [0.15, 0.2) is 97.1 Å². The van der Waals surface area contributed by atoms with Crippen LogP contribution >= 0.6 is 12.6 Å². The molecule has 13 N–H and O–H groups in total. The molecule has 5 amide bonds. The quantitative estimate of drug-likeness (QED) is 0.123. The summed E-state index contributed by atoms with van der Waals surface area (Å²) in [5, 5.41) is 2.81. The van der Waals surface area contributed by atoms with Crippen molar-refractivity contribution >= 4 is 64.9 Å². The summed E-state index contributed by atoms with van der Waals surface area (Å²) < 4.78 is 0. The molecular formula is C49H69N9O5S+4. The van der Waals surface area contributed by atoms with Crippen LogP contribution in [0.3, 0.4) is 0 Å². The van der Waals surface area contributed by atoms with E-state index in [1.54, 1.807) is 4.90 Å². The number of rotatable bonds is 11. The molecule has 1 unspecified atom stereocenters. The maximum Gasteiger partial charge on any atom is 0.279 e. The van der Waals surface area contributed by atoms with Crippen molar-refractivity contribution in [1.29, 1.82) is 0 Å². The average molecular weight is 896 g/mol. The zero-order valence-electron chi connectivity index (χ0n) is 37.4. The third-order valence-electron chi connectivity index (χ3n) is 11.4. The van der Waals surface area contributed by atoms with Crippen LogP contribution in [0.2, 0.25) is 0 Å². The summed E-state index contributed by atoms with van der Waals surface area (Å²) >= 11 is 4.17. The number of anilines is 4. The van der Waals surface area contributed by atoms with Crippen LogP contribution in [0.4, 0.5) is 22.7 Å². The fourth-order valence-corrected chi connectivity index (χ4v) is 8.00. The number of carbonyl (C=O) groups is 5. The topological polar surface area (TPSA) is 221 Å². The highest BCUT2D eigenvalue weighted by Crippen LogP contribution is 2.25. The SMILES string of the molecule is [NH3+]CCC(=O)N1CCCCN(C(=O)CC[NH3+])c2ccc(cc2)Cc2ccc(cc2)N(C(=O)CCNC(=O)C([NH3+])CS)CCCCN(C(=O)CC[NH3+])c2ccc(cc2)Cc2ccc1cc2. The normalized spacial score (nSPS) is 14.7. The smallest absolute Gasteiger partial charge is 0.279 e. The van der Waals surface area contributed by atoms with Gasteiger partial charge in [-0.05, 0) is 109 Å². The Morgan fingerprint density at radius 3 is 0.984 bits per heavy atom. The molecule has 342 valence electrons. The molecule has 14 nitrogen and oxygen atoms in total. The third kappa shape index (κ3) is 14.5. The summed E-state index contributed by atoms with van der Waals surface area (Å²) in [5.41, 5.74) is 23.1. The van der Waals surface area contributed by atoms with Crippen LogP contribution in [0.25, 0.3) is 0 Å². The van der Waals surface area contributed by atoms with Crippen molar-refractivity contribution in [2.24, 2.45) is 0 Å². The van der Waals surface area contributed by atoms with Gasteiger partial charge in [-0.2, -0.15) is 12.6 Å². The second-order valence-electron chi connectivity index (χ2n) is 16.3. The van der Waals surface area contributed by atoms with Crippen molar-refractivity contribution in [3.63, 3.8) is 0 Å². The van der Waals surface area contributed by atoms with Crippen LogP contribution in [-0.2, 0) is 36.8 Å². The van der Waals surface area contributed by atoms with Gasteiger partial charge in [0.1, 0.15) is 0 Å². The minimum absolute atomic E-state index is 0.000902. The van der Waals surface area contributed by atoms with Gasteiger partial charge < -0.3 is 47.9 Å². The number of hydrogen-bond donors (Lipinski definition) is 6. The first-order valence-electron chi connectivity index (χ1n) is 22.7. The number of thiol groups is 1. The Labute approximate surface area is 383 Å². The first-order chi connectivity index (χ1) is 31.0. The Kier molecular flexibility index (Phi) is 19.8. The van der Waals surface area contributed by atoms with Crippen LogP contribution < -0.4 is 47.9 Å². The monoisotopic (exact) mass is 896 g/mol. The molecule has 15 heteroatoms. The minimum atomic E-state index is -0.505. The summed E-state index contributed by atoms with van der Waals surface area (Å²) in [5.74, 6) is -0.000488. The molecule has 11 rings (SSSR count). The van der Waals surface area contributed by atoms with Gasteiger partial charge >= 0.3 is 0 Å². The van der Waals surface area contributed by atoms with Crippen molar-refractivity contribution in [3.05, 3.63) is 119 Å². The van der Waals surface area contributed by atoms with E-state index in [2.05, 4.69) is 53.0 Å². The second kappa shape index (κ2) is 25.6. The fourth-order valence-electron chi connectivity index (χ4n) is 7.83. The number of quaternary nitrogens is 4. The number of carbonyl (C=O) groups excluding carboxylic acids is 5. The van der Waals surface area contributed by atoms with E-state index < -0.39 is 6.04 Å². The summed E-state index contributed by atoms with van der Waals surface area (Å²) in [6.07, 6.45) is 5.18. The lowest BCUT2D eigenvalue weighted by molar-refractivity contribution is -0.396. The predicted octanol–water partition coefficient (Wildman–Crippen LogP) is 1.42. The number of nitrogens with zero attached hydrogens (tertiary/aromatic N) is 4. The molecule has 0 saturated heterocycles. The molecule has 0 spiro atoms. The molecule has 0 radical (unpaired) electrons. The molecule has 4 aromatic carbocycles. The average Bonchev–Trinajstić information content (AvgIpc) is 3.30. The minimum Gasteiger partial charge on any atom is -0.357 e. The van der Waals surface area contributed by atoms with Crippen molar-refractivity contribution in [3.8, 4) is 0 Å². The molecule has 7 aliphatic rings. The summed E-state index contributed by atoms with van der Waals surface area (Å²) in [6, 6.07) is 31.7. The Morgan fingerprint density at radius 1 is 0.469 bits per heavy atom. The van der Waals surface area contributed by atoms with Crippen LogP contribution in [0.1, 0.15) is 73.6 Å². The maximum atomic E-state index is 13.8. The Hall–Kier alpha value is -5.58. The maximum absolute atomic E-state index is 13.8. The van der Waals surface area contributed by atoms with E-state index >= 15 is 0 Å². The first-order valence-corrected chi connectivity index (χ1v) is 23.3. The Bertz CT molecular complexity index is 2120. The van der Waals surface area contributed by atoms with Crippen LogP contribution in [0.5, 0.6) is 0 Å². The van der Waals surface area contributed by atoms with E-state index in [0.29, 0.717) is 109 Å². The van der Waals surface area contributed by atoms with Gasteiger partial charge in [-0.3, -0.25) is 24.0 Å². The largest absolute Gasteiger partial charge is 0.357 e. The number of benzene rings is 4. The number of hydrogen-bond acceptors (Lipinski definition) is 6. The van der Waals surface area contributed by atoms with E-state index in [1.165, 1.54) is 0 Å². The second-order valence-corrected chi connectivity index (χ2v) is 16.7. The van der Waals surface area contributed by atoms with Gasteiger partial charge in [0.2, 0.25) is 23.6 Å². The van der Waals surface area contributed by atoms with Crippen LogP contribution in [0, 0.1) is 0 Å². The van der Waals surface area contributed by atoms with Gasteiger partial charge in [-0.15, -0.1) is 0 Å². The van der Waals surface area contributed by atoms with Gasteiger partial charge in [0.05, 0.1) is 44.6 Å². The van der Waals surface area contributed by atoms with Crippen molar-refractivity contribution < 1.29 is 46.9 Å². The highest BCUT2D eigenvalue weighted by atomic mass is 32.1. The standard InChI is InChI=1S/C49H65N9O5S/c50-25-21-45(59)55-29-1-2-30-56(46(60)22-26-51)41-15-9-38(10-16-41)34-39-11-19-43(20-12-39)58(48(62)24-28-54-49(63)44(53)35-64)32-4-3-31-57(47(61)23-27-52)42-17-7-37(8-18-42)33-36-5-13-40(55)14-6-36/h5-20,44,64H,1-4,21-35,50-53H2,(H,54,63)/p+4. The van der Waals surface area contributed by atoms with Crippen molar-refractivity contribution in [1.82, 2.24) is 5.32 Å².